The molecule has 3 atom stereocenters. The topological polar surface area (TPSA) is 160 Å². The minimum atomic E-state index is -1.29. The number of tetrazole rings is 1. The van der Waals surface area contributed by atoms with Gasteiger partial charge in [0.2, 0.25) is 17.5 Å². The number of morpholine rings is 1. The number of carbonyl (C=O) groups is 4. The largest absolute Gasteiger partial charge is 0.487 e. The van der Waals surface area contributed by atoms with Gasteiger partial charge in [-0.25, -0.2) is 9.48 Å². The van der Waals surface area contributed by atoms with Crippen LogP contribution in [0.15, 0.2) is 16.6 Å². The van der Waals surface area contributed by atoms with E-state index < -0.39 is 30.1 Å². The average molecular weight is 465 g/mol. The van der Waals surface area contributed by atoms with Crippen LogP contribution in [0.3, 0.4) is 0 Å². The Labute approximate surface area is 185 Å². The standard InChI is InChI=1S/C17H19N7O7S/c25-8-22-5-9-12-14(22)15(27)24(12)13(16(28)29)10(31-9)7-32-17-18-19-20-23(17)6-11(26)21-1-3-30-4-2-21/h8-9,12,14H,1-7H2,(H,28,29)/t9-,12-,14+/m1/s1. The monoisotopic (exact) mass is 465 g/mol. The van der Waals surface area contributed by atoms with E-state index in [-0.39, 0.29) is 36.2 Å². The second kappa shape index (κ2) is 8.05. The lowest BCUT2D eigenvalue weighted by atomic mass is 9.91. The maximum absolute atomic E-state index is 12.5. The summed E-state index contributed by atoms with van der Waals surface area (Å²) >= 11 is 1.10. The Kier molecular flexibility index (Phi) is 5.21. The second-order valence-corrected chi connectivity index (χ2v) is 8.52. The van der Waals surface area contributed by atoms with Gasteiger partial charge in [0.15, 0.2) is 5.70 Å². The summed E-state index contributed by atoms with van der Waals surface area (Å²) < 4.78 is 12.5. The number of carboxylic acids is 1. The molecule has 0 unspecified atom stereocenters. The highest BCUT2D eigenvalue weighted by Crippen LogP contribution is 2.43. The lowest BCUT2D eigenvalue weighted by Crippen LogP contribution is -2.70. The van der Waals surface area contributed by atoms with E-state index in [1.165, 1.54) is 14.5 Å². The summed E-state index contributed by atoms with van der Waals surface area (Å²) in [6, 6.07) is -1.18. The molecule has 15 heteroatoms. The van der Waals surface area contributed by atoms with Gasteiger partial charge in [0.05, 0.1) is 25.5 Å². The molecule has 0 spiro atoms. The Morgan fingerprint density at radius 2 is 2.06 bits per heavy atom. The van der Waals surface area contributed by atoms with Crippen molar-refractivity contribution in [2.45, 2.75) is 29.9 Å². The van der Waals surface area contributed by atoms with Crippen LogP contribution >= 0.6 is 11.8 Å². The van der Waals surface area contributed by atoms with E-state index in [9.17, 15) is 24.3 Å². The van der Waals surface area contributed by atoms with E-state index in [2.05, 4.69) is 15.5 Å². The molecule has 3 amide bonds. The Balaban J connectivity index is 1.31. The number of hydrogen-bond donors (Lipinski definition) is 1. The van der Waals surface area contributed by atoms with Crippen LogP contribution in [0.4, 0.5) is 0 Å². The molecule has 14 nitrogen and oxygen atoms in total. The lowest BCUT2D eigenvalue weighted by molar-refractivity contribution is -0.162. The predicted octanol–water partition coefficient (Wildman–Crippen LogP) is -2.63. The van der Waals surface area contributed by atoms with Crippen molar-refractivity contribution in [3.63, 3.8) is 0 Å². The van der Waals surface area contributed by atoms with Crippen molar-refractivity contribution < 1.29 is 33.8 Å². The summed E-state index contributed by atoms with van der Waals surface area (Å²) in [5, 5.41) is 21.4. The summed E-state index contributed by atoms with van der Waals surface area (Å²) in [4.78, 5) is 52.4. The highest BCUT2D eigenvalue weighted by Gasteiger charge is 2.64. The SMILES string of the molecule is O=CN1C[C@H]2OC(CSc3nnnn3CC(=O)N3CCOCC3)=C(C(=O)O)N3C(=O)[C@@H]1[C@@H]23. The van der Waals surface area contributed by atoms with Crippen LogP contribution in [0.1, 0.15) is 0 Å². The van der Waals surface area contributed by atoms with E-state index in [4.69, 9.17) is 9.47 Å². The fraction of sp³-hybridized carbons (Fsp3) is 0.588. The fourth-order valence-corrected chi connectivity index (χ4v) is 5.18. The van der Waals surface area contributed by atoms with Crippen molar-refractivity contribution in [2.24, 2.45) is 0 Å². The van der Waals surface area contributed by atoms with Gasteiger partial charge < -0.3 is 24.4 Å². The van der Waals surface area contributed by atoms with Gasteiger partial charge in [-0.1, -0.05) is 11.8 Å². The van der Waals surface area contributed by atoms with Crippen LogP contribution in [0.25, 0.3) is 0 Å². The molecule has 170 valence electrons. The van der Waals surface area contributed by atoms with Gasteiger partial charge in [0.1, 0.15) is 30.5 Å². The number of β-lactam (4-membered cyclic amide) rings is 1. The maximum atomic E-state index is 12.5. The number of rotatable bonds is 7. The summed E-state index contributed by atoms with van der Waals surface area (Å²) in [5.74, 6) is -1.75. The van der Waals surface area contributed by atoms with Gasteiger partial charge in [0, 0.05) is 13.1 Å². The third-order valence-electron chi connectivity index (χ3n) is 5.86. The summed E-state index contributed by atoms with van der Waals surface area (Å²) in [6.07, 6.45) is 0.0799. The number of ether oxygens (including phenoxy) is 2. The summed E-state index contributed by atoms with van der Waals surface area (Å²) in [7, 11) is 0. The molecule has 4 aliphatic heterocycles. The molecule has 5 rings (SSSR count). The minimum absolute atomic E-state index is 0.0342. The predicted molar refractivity (Wildman–Crippen MR) is 103 cm³/mol. The number of thioether (sulfide) groups is 1. The molecule has 0 bridgehead atoms. The molecule has 32 heavy (non-hydrogen) atoms. The van der Waals surface area contributed by atoms with Gasteiger partial charge in [-0.2, -0.15) is 0 Å². The Bertz CT molecular complexity index is 1010. The van der Waals surface area contributed by atoms with Crippen LogP contribution < -0.4 is 0 Å². The number of likely N-dealkylation sites (tertiary alicyclic amines) is 1. The molecule has 3 saturated heterocycles. The first-order valence-electron chi connectivity index (χ1n) is 9.91. The van der Waals surface area contributed by atoms with Gasteiger partial charge in [-0.3, -0.25) is 19.3 Å². The van der Waals surface area contributed by atoms with Gasteiger partial charge in [-0.05, 0) is 10.4 Å². The summed E-state index contributed by atoms with van der Waals surface area (Å²) in [6.45, 7) is 2.09. The zero-order valence-corrected chi connectivity index (χ0v) is 17.5. The first-order valence-corrected chi connectivity index (χ1v) is 10.9. The quantitative estimate of drug-likeness (QED) is 0.255. The zero-order valence-electron chi connectivity index (χ0n) is 16.7. The first kappa shape index (κ1) is 20.7. The molecule has 1 N–H and O–H groups in total. The van der Waals surface area contributed by atoms with E-state index in [0.29, 0.717) is 37.9 Å². The second-order valence-electron chi connectivity index (χ2n) is 7.58. The Morgan fingerprint density at radius 3 is 2.78 bits per heavy atom. The van der Waals surface area contributed by atoms with E-state index in [1.807, 2.05) is 0 Å². The third-order valence-corrected chi connectivity index (χ3v) is 6.82. The molecule has 1 aromatic rings. The molecule has 0 saturated carbocycles. The maximum Gasteiger partial charge on any atom is 0.356 e. The van der Waals surface area contributed by atoms with Crippen molar-refractivity contribution in [2.75, 3.05) is 38.6 Å². The zero-order chi connectivity index (χ0) is 22.4. The van der Waals surface area contributed by atoms with E-state index >= 15 is 0 Å². The fourth-order valence-electron chi connectivity index (χ4n) is 4.37. The Hall–Kier alpha value is -3.20. The van der Waals surface area contributed by atoms with E-state index in [0.717, 1.165) is 11.8 Å². The Morgan fingerprint density at radius 1 is 1.28 bits per heavy atom. The molecule has 3 fully saturated rings. The lowest BCUT2D eigenvalue weighted by Gasteiger charge is -2.48. The van der Waals surface area contributed by atoms with Crippen LogP contribution in [0, 0.1) is 0 Å². The van der Waals surface area contributed by atoms with Crippen molar-refractivity contribution >= 4 is 36.0 Å². The van der Waals surface area contributed by atoms with Crippen LogP contribution in [-0.2, 0) is 35.2 Å². The normalized spacial score (nSPS) is 26.6. The van der Waals surface area contributed by atoms with Gasteiger partial charge in [-0.15, -0.1) is 5.10 Å². The molecule has 0 aromatic carbocycles. The smallest absolute Gasteiger partial charge is 0.356 e. The number of aromatic nitrogens is 4. The highest BCUT2D eigenvalue weighted by atomic mass is 32.2. The number of carbonyl (C=O) groups excluding carboxylic acids is 3. The average Bonchev–Trinajstić information content (AvgIpc) is 3.39. The molecule has 0 aliphatic carbocycles. The van der Waals surface area contributed by atoms with Crippen molar-refractivity contribution in [3.05, 3.63) is 11.5 Å². The number of nitrogens with zero attached hydrogens (tertiary/aromatic N) is 7. The number of carboxylic acid groups (broad SMARTS) is 1. The first-order chi connectivity index (χ1) is 15.5. The molecule has 0 radical (unpaired) electrons. The number of hydrogen-bond acceptors (Lipinski definition) is 10. The minimum Gasteiger partial charge on any atom is -0.487 e. The van der Waals surface area contributed by atoms with Crippen LogP contribution in [0.2, 0.25) is 0 Å². The summed E-state index contributed by atoms with van der Waals surface area (Å²) in [5.41, 5.74) is -0.240. The van der Waals surface area contributed by atoms with Gasteiger partial charge >= 0.3 is 5.97 Å². The van der Waals surface area contributed by atoms with Crippen molar-refractivity contribution in [1.29, 1.82) is 0 Å². The van der Waals surface area contributed by atoms with Crippen molar-refractivity contribution in [1.82, 2.24) is 34.9 Å². The van der Waals surface area contributed by atoms with Crippen LogP contribution in [-0.4, -0.2) is 121 Å². The number of aliphatic carboxylic acids is 1. The third kappa shape index (κ3) is 3.28. The molecule has 1 aromatic heterocycles. The van der Waals surface area contributed by atoms with Gasteiger partial charge in [0.25, 0.3) is 5.91 Å². The van der Waals surface area contributed by atoms with Crippen molar-refractivity contribution in [3.8, 4) is 0 Å². The molecule has 5 heterocycles. The van der Waals surface area contributed by atoms with E-state index in [1.54, 1.807) is 4.90 Å². The molecule has 4 aliphatic rings. The van der Waals surface area contributed by atoms with Crippen LogP contribution in [0.5, 0.6) is 0 Å². The molecular weight excluding hydrogens is 446 g/mol. The molecular formula is C17H19N7O7S. The highest BCUT2D eigenvalue weighted by molar-refractivity contribution is 7.99. The number of amides is 3.